The third-order valence-corrected chi connectivity index (χ3v) is 5.94. The molecule has 0 radical (unpaired) electrons. The Morgan fingerprint density at radius 1 is 1.19 bits per heavy atom. The number of nitrogens with zero attached hydrogens (tertiary/aromatic N) is 2. The first-order valence-corrected chi connectivity index (χ1v) is 11.1. The lowest BCUT2D eigenvalue weighted by Crippen LogP contribution is -2.51. The van der Waals surface area contributed by atoms with Gasteiger partial charge in [0.05, 0.1) is 16.3 Å². The van der Waals surface area contributed by atoms with Crippen molar-refractivity contribution in [2.45, 2.75) is 44.6 Å². The molecule has 32 heavy (non-hydrogen) atoms. The molecule has 3 rings (SSSR count). The second kappa shape index (κ2) is 9.63. The molecule has 0 unspecified atom stereocenters. The highest BCUT2D eigenvalue weighted by molar-refractivity contribution is 6.36. The van der Waals surface area contributed by atoms with E-state index >= 15 is 0 Å². The number of hydrogen-bond acceptors (Lipinski definition) is 4. The quantitative estimate of drug-likeness (QED) is 0.607. The lowest BCUT2D eigenvalue weighted by atomic mass is 9.75. The van der Waals surface area contributed by atoms with Gasteiger partial charge in [0, 0.05) is 30.1 Å². The number of amides is 2. The van der Waals surface area contributed by atoms with Crippen molar-refractivity contribution in [3.63, 3.8) is 0 Å². The first kappa shape index (κ1) is 24.3. The summed E-state index contributed by atoms with van der Waals surface area (Å²) in [5.74, 6) is -0.958. The van der Waals surface area contributed by atoms with Crippen LogP contribution in [0.15, 0.2) is 36.4 Å². The maximum atomic E-state index is 13.9. The Morgan fingerprint density at radius 3 is 2.47 bits per heavy atom. The number of hydrogen-bond donors (Lipinski definition) is 1. The highest BCUT2D eigenvalue weighted by Crippen LogP contribution is 2.35. The summed E-state index contributed by atoms with van der Waals surface area (Å²) in [6.07, 6.45) is 0.574. The van der Waals surface area contributed by atoms with Crippen molar-refractivity contribution in [1.29, 1.82) is 0 Å². The number of aromatic nitrogens is 1. The van der Waals surface area contributed by atoms with Crippen LogP contribution in [0.1, 0.15) is 49.7 Å². The summed E-state index contributed by atoms with van der Waals surface area (Å²) in [5, 5.41) is 3.58. The van der Waals surface area contributed by atoms with Crippen LogP contribution in [0, 0.1) is 5.95 Å². The molecule has 0 spiro atoms. The maximum Gasteiger partial charge on any atom is 0.410 e. The number of carbonyl (C=O) groups excluding carboxylic acids is 2. The number of likely N-dealkylation sites (tertiary alicyclic amines) is 1. The molecule has 2 heterocycles. The van der Waals surface area contributed by atoms with Crippen LogP contribution >= 0.6 is 23.2 Å². The Bertz CT molecular complexity index is 1000. The fourth-order valence-electron chi connectivity index (χ4n) is 3.69. The summed E-state index contributed by atoms with van der Waals surface area (Å²) in [5.41, 5.74) is -0.412. The highest BCUT2D eigenvalue weighted by Gasteiger charge is 2.40. The van der Waals surface area contributed by atoms with E-state index in [-0.39, 0.29) is 17.5 Å². The number of carbonyl (C=O) groups is 2. The van der Waals surface area contributed by atoms with E-state index in [2.05, 4.69) is 10.3 Å². The van der Waals surface area contributed by atoms with E-state index in [0.717, 1.165) is 0 Å². The normalized spacial score (nSPS) is 15.9. The van der Waals surface area contributed by atoms with Crippen LogP contribution in [0.5, 0.6) is 0 Å². The van der Waals surface area contributed by atoms with Crippen LogP contribution in [0.4, 0.5) is 9.18 Å². The van der Waals surface area contributed by atoms with E-state index in [1.165, 1.54) is 12.1 Å². The maximum absolute atomic E-state index is 13.9. The number of piperidine rings is 1. The Labute approximate surface area is 197 Å². The topological polar surface area (TPSA) is 71.5 Å². The van der Waals surface area contributed by atoms with Gasteiger partial charge in [0.25, 0.3) is 5.91 Å². The van der Waals surface area contributed by atoms with E-state index < -0.39 is 23.1 Å². The largest absolute Gasteiger partial charge is 0.444 e. The summed E-state index contributed by atoms with van der Waals surface area (Å²) in [6, 6.07) is 9.26. The Kier molecular flexibility index (Phi) is 7.30. The molecule has 1 saturated heterocycles. The molecule has 9 heteroatoms. The van der Waals surface area contributed by atoms with Crippen molar-refractivity contribution in [2.24, 2.45) is 0 Å². The van der Waals surface area contributed by atoms with Gasteiger partial charge in [-0.15, -0.1) is 0 Å². The van der Waals surface area contributed by atoms with Gasteiger partial charge in [0.15, 0.2) is 0 Å². The molecule has 1 fully saturated rings. The van der Waals surface area contributed by atoms with Gasteiger partial charge in [-0.1, -0.05) is 29.3 Å². The molecule has 0 saturated carbocycles. The number of benzene rings is 1. The number of rotatable bonds is 4. The molecule has 0 bridgehead atoms. The second-order valence-corrected chi connectivity index (χ2v) is 9.74. The Balaban J connectivity index is 1.78. The van der Waals surface area contributed by atoms with Crippen LogP contribution in [0.3, 0.4) is 0 Å². The van der Waals surface area contributed by atoms with Crippen LogP contribution in [-0.2, 0) is 10.2 Å². The summed E-state index contributed by atoms with van der Waals surface area (Å²) in [4.78, 5) is 30.9. The smallest absolute Gasteiger partial charge is 0.410 e. The summed E-state index contributed by atoms with van der Waals surface area (Å²) in [7, 11) is 0. The molecule has 1 aliphatic rings. The minimum absolute atomic E-state index is 0.212. The molecule has 1 N–H and O–H groups in total. The van der Waals surface area contributed by atoms with E-state index in [9.17, 15) is 14.0 Å². The van der Waals surface area contributed by atoms with Gasteiger partial charge in [0.2, 0.25) is 5.95 Å². The van der Waals surface area contributed by atoms with E-state index in [0.29, 0.717) is 42.2 Å². The molecule has 172 valence electrons. The molecular weight excluding hydrogens is 456 g/mol. The monoisotopic (exact) mass is 481 g/mol. The molecule has 2 aromatic rings. The number of ether oxygens (including phenoxy) is 1. The lowest BCUT2D eigenvalue weighted by molar-refractivity contribution is 0.0159. The van der Waals surface area contributed by atoms with E-state index in [1.54, 1.807) is 29.2 Å². The predicted molar refractivity (Wildman–Crippen MR) is 122 cm³/mol. The molecule has 2 amide bonds. The van der Waals surface area contributed by atoms with Gasteiger partial charge < -0.3 is 15.0 Å². The minimum Gasteiger partial charge on any atom is -0.444 e. The zero-order valence-corrected chi connectivity index (χ0v) is 19.8. The van der Waals surface area contributed by atoms with E-state index in [4.69, 9.17) is 27.9 Å². The average molecular weight is 482 g/mol. The van der Waals surface area contributed by atoms with Gasteiger partial charge >= 0.3 is 6.09 Å². The minimum atomic E-state index is -0.644. The van der Waals surface area contributed by atoms with Gasteiger partial charge in [0.1, 0.15) is 5.60 Å². The predicted octanol–water partition coefficient (Wildman–Crippen LogP) is 5.23. The van der Waals surface area contributed by atoms with Gasteiger partial charge in [-0.3, -0.25) is 4.79 Å². The van der Waals surface area contributed by atoms with Crippen LogP contribution in [-0.4, -0.2) is 47.1 Å². The lowest BCUT2D eigenvalue weighted by Gasteiger charge is -2.41. The van der Waals surface area contributed by atoms with Gasteiger partial charge in [-0.05, 0) is 63.9 Å². The summed E-state index contributed by atoms with van der Waals surface area (Å²) >= 11 is 12.1. The van der Waals surface area contributed by atoms with E-state index in [1.807, 2.05) is 20.8 Å². The highest BCUT2D eigenvalue weighted by atomic mass is 35.5. The molecule has 0 aliphatic carbocycles. The Hall–Kier alpha value is -2.38. The van der Waals surface area contributed by atoms with Crippen molar-refractivity contribution in [3.05, 3.63) is 63.6 Å². The van der Waals surface area contributed by atoms with Crippen molar-refractivity contribution < 1.29 is 18.7 Å². The first-order chi connectivity index (χ1) is 15.0. The van der Waals surface area contributed by atoms with Gasteiger partial charge in [-0.25, -0.2) is 9.78 Å². The third kappa shape index (κ3) is 5.90. The van der Waals surface area contributed by atoms with Gasteiger partial charge in [-0.2, -0.15) is 4.39 Å². The molecule has 1 aromatic heterocycles. The molecule has 6 nitrogen and oxygen atoms in total. The standard InChI is InChI=1S/C23H26Cl2FN3O3/c1-22(2,3)32-21(31)29-11-9-23(10-12-29,18-5-4-6-19(26)28-18)14-27-20(30)16-8-7-15(24)13-17(16)25/h4-8,13H,9-12,14H2,1-3H3,(H,27,30). The molecular formula is C23H26Cl2FN3O3. The fraction of sp³-hybridized carbons (Fsp3) is 0.435. The van der Waals surface area contributed by atoms with Crippen LogP contribution in [0.25, 0.3) is 0 Å². The third-order valence-electron chi connectivity index (χ3n) is 5.39. The van der Waals surface area contributed by atoms with Crippen LogP contribution in [0.2, 0.25) is 10.0 Å². The SMILES string of the molecule is CC(C)(C)OC(=O)N1CCC(CNC(=O)c2ccc(Cl)cc2Cl)(c2cccc(F)n2)CC1. The fourth-order valence-corrected chi connectivity index (χ4v) is 4.18. The molecule has 1 aromatic carbocycles. The number of pyridine rings is 1. The van der Waals surface area contributed by atoms with Crippen molar-refractivity contribution >= 4 is 35.2 Å². The molecule has 0 atom stereocenters. The number of halogens is 3. The second-order valence-electron chi connectivity index (χ2n) is 8.90. The van der Waals surface area contributed by atoms with Crippen molar-refractivity contribution in [2.75, 3.05) is 19.6 Å². The molecule has 1 aliphatic heterocycles. The average Bonchev–Trinajstić information content (AvgIpc) is 2.71. The van der Waals surface area contributed by atoms with Crippen molar-refractivity contribution in [3.8, 4) is 0 Å². The Morgan fingerprint density at radius 2 is 1.88 bits per heavy atom. The zero-order valence-electron chi connectivity index (χ0n) is 18.3. The first-order valence-electron chi connectivity index (χ1n) is 10.3. The summed E-state index contributed by atoms with van der Waals surface area (Å²) in [6.45, 7) is 6.44. The summed E-state index contributed by atoms with van der Waals surface area (Å²) < 4.78 is 19.4. The van der Waals surface area contributed by atoms with Crippen LogP contribution < -0.4 is 5.32 Å². The number of nitrogens with one attached hydrogen (secondary N) is 1. The van der Waals surface area contributed by atoms with Crippen molar-refractivity contribution in [1.82, 2.24) is 15.2 Å². The zero-order chi connectivity index (χ0) is 23.5.